The minimum absolute atomic E-state index is 0.243. The highest BCUT2D eigenvalue weighted by Crippen LogP contribution is 2.27. The van der Waals surface area contributed by atoms with Crippen molar-refractivity contribution < 1.29 is 4.39 Å². The topological polar surface area (TPSA) is 42.1 Å². The molecule has 1 aromatic heterocycles. The smallest absolute Gasteiger partial charge is 0.165 e. The zero-order valence-electron chi connectivity index (χ0n) is 9.56. The monoisotopic (exact) mass is 223 g/mol. The fourth-order valence-electron chi connectivity index (χ4n) is 2.26. The van der Waals surface area contributed by atoms with Crippen molar-refractivity contribution in [2.45, 2.75) is 25.8 Å². The van der Waals surface area contributed by atoms with Gasteiger partial charge < -0.3 is 10.6 Å². The largest absolute Gasteiger partial charge is 0.351 e. The van der Waals surface area contributed by atoms with E-state index in [0.29, 0.717) is 24.3 Å². The summed E-state index contributed by atoms with van der Waals surface area (Å²) in [6.45, 7) is 3.59. The molecule has 0 aliphatic carbocycles. The van der Waals surface area contributed by atoms with Crippen molar-refractivity contribution in [1.29, 1.82) is 0 Å². The van der Waals surface area contributed by atoms with Crippen LogP contribution >= 0.6 is 0 Å². The van der Waals surface area contributed by atoms with Gasteiger partial charge in [-0.15, -0.1) is 0 Å². The molecule has 2 unspecified atom stereocenters. The van der Waals surface area contributed by atoms with Crippen molar-refractivity contribution >= 4 is 5.82 Å². The van der Waals surface area contributed by atoms with E-state index < -0.39 is 0 Å². The summed E-state index contributed by atoms with van der Waals surface area (Å²) in [7, 11) is 0. The fourth-order valence-corrected chi connectivity index (χ4v) is 2.26. The van der Waals surface area contributed by atoms with Crippen molar-refractivity contribution in [2.24, 2.45) is 11.7 Å². The summed E-state index contributed by atoms with van der Waals surface area (Å²) in [4.78, 5) is 6.17. The second-order valence-corrected chi connectivity index (χ2v) is 4.49. The summed E-state index contributed by atoms with van der Waals surface area (Å²) in [5.74, 6) is 0.678. The van der Waals surface area contributed by atoms with Crippen LogP contribution in [0.1, 0.15) is 19.8 Å². The van der Waals surface area contributed by atoms with E-state index in [9.17, 15) is 4.39 Å². The van der Waals surface area contributed by atoms with Crippen molar-refractivity contribution in [1.82, 2.24) is 4.98 Å². The molecule has 1 aliphatic rings. The first-order valence-electron chi connectivity index (χ1n) is 5.79. The number of nitrogens with two attached hydrogens (primary N) is 1. The standard InChI is InChI=1S/C12H18FN3/c1-9-4-5-10(7-14)8-16(9)12-11(13)3-2-6-15-12/h2-3,6,9-10H,4-5,7-8,14H2,1H3. The van der Waals surface area contributed by atoms with Crippen LogP contribution in [0.4, 0.5) is 10.2 Å². The van der Waals surface area contributed by atoms with Gasteiger partial charge in [0.2, 0.25) is 0 Å². The van der Waals surface area contributed by atoms with E-state index in [1.165, 1.54) is 6.07 Å². The maximum absolute atomic E-state index is 13.6. The molecule has 2 rings (SSSR count). The molecule has 88 valence electrons. The molecule has 0 aromatic carbocycles. The number of rotatable bonds is 2. The number of piperidine rings is 1. The van der Waals surface area contributed by atoms with Crippen LogP contribution in [0.5, 0.6) is 0 Å². The zero-order chi connectivity index (χ0) is 11.5. The normalized spacial score (nSPS) is 25.8. The molecular weight excluding hydrogens is 205 g/mol. The van der Waals surface area contributed by atoms with Gasteiger partial charge in [0, 0.05) is 18.8 Å². The minimum atomic E-state index is -0.243. The van der Waals surface area contributed by atoms with Crippen molar-refractivity contribution in [3.63, 3.8) is 0 Å². The van der Waals surface area contributed by atoms with Gasteiger partial charge in [-0.25, -0.2) is 9.37 Å². The van der Waals surface area contributed by atoms with Gasteiger partial charge in [0.25, 0.3) is 0 Å². The molecule has 0 bridgehead atoms. The number of aromatic nitrogens is 1. The first-order chi connectivity index (χ1) is 7.72. The Morgan fingerprint density at radius 3 is 3.06 bits per heavy atom. The highest BCUT2D eigenvalue weighted by atomic mass is 19.1. The molecule has 2 heterocycles. The Morgan fingerprint density at radius 2 is 2.38 bits per heavy atom. The Morgan fingerprint density at radius 1 is 1.56 bits per heavy atom. The molecule has 1 aromatic rings. The molecule has 16 heavy (non-hydrogen) atoms. The average molecular weight is 223 g/mol. The van der Waals surface area contributed by atoms with Crippen molar-refractivity contribution in [2.75, 3.05) is 18.0 Å². The van der Waals surface area contributed by atoms with Crippen LogP contribution in [-0.4, -0.2) is 24.1 Å². The number of nitrogens with zero attached hydrogens (tertiary/aromatic N) is 2. The SMILES string of the molecule is CC1CCC(CN)CN1c1ncccc1F. The van der Waals surface area contributed by atoms with E-state index >= 15 is 0 Å². The lowest BCUT2D eigenvalue weighted by Gasteiger charge is -2.38. The van der Waals surface area contributed by atoms with E-state index in [2.05, 4.69) is 11.9 Å². The van der Waals surface area contributed by atoms with E-state index in [4.69, 9.17) is 5.73 Å². The lowest BCUT2D eigenvalue weighted by Crippen LogP contribution is -2.44. The van der Waals surface area contributed by atoms with Crippen LogP contribution in [0, 0.1) is 11.7 Å². The molecule has 0 spiro atoms. The number of hydrogen-bond acceptors (Lipinski definition) is 3. The summed E-state index contributed by atoms with van der Waals surface area (Å²) in [5.41, 5.74) is 5.69. The van der Waals surface area contributed by atoms with Gasteiger partial charge in [0.15, 0.2) is 11.6 Å². The molecule has 0 radical (unpaired) electrons. The third-order valence-electron chi connectivity index (χ3n) is 3.32. The van der Waals surface area contributed by atoms with Gasteiger partial charge >= 0.3 is 0 Å². The van der Waals surface area contributed by atoms with Gasteiger partial charge in [-0.1, -0.05) is 0 Å². The van der Waals surface area contributed by atoms with Gasteiger partial charge in [0.05, 0.1) is 0 Å². The highest BCUT2D eigenvalue weighted by Gasteiger charge is 2.27. The molecule has 1 aliphatic heterocycles. The zero-order valence-corrected chi connectivity index (χ0v) is 9.56. The molecule has 0 saturated carbocycles. The van der Waals surface area contributed by atoms with Crippen molar-refractivity contribution in [3.8, 4) is 0 Å². The van der Waals surface area contributed by atoms with Crippen LogP contribution < -0.4 is 10.6 Å². The van der Waals surface area contributed by atoms with Gasteiger partial charge in [-0.05, 0) is 44.4 Å². The van der Waals surface area contributed by atoms with Crippen LogP contribution in [-0.2, 0) is 0 Å². The lowest BCUT2D eigenvalue weighted by atomic mass is 9.93. The Labute approximate surface area is 95.5 Å². The molecule has 1 saturated heterocycles. The number of halogens is 1. The molecule has 4 heteroatoms. The summed E-state index contributed by atoms with van der Waals surface area (Å²) < 4.78 is 13.6. The second-order valence-electron chi connectivity index (χ2n) is 4.49. The minimum Gasteiger partial charge on any atom is -0.351 e. The lowest BCUT2D eigenvalue weighted by molar-refractivity contribution is 0.368. The average Bonchev–Trinajstić information content (AvgIpc) is 2.31. The molecule has 2 atom stereocenters. The fraction of sp³-hybridized carbons (Fsp3) is 0.583. The summed E-state index contributed by atoms with van der Waals surface area (Å²) in [6.07, 6.45) is 3.82. The predicted molar refractivity (Wildman–Crippen MR) is 62.8 cm³/mol. The molecule has 1 fully saturated rings. The first kappa shape index (κ1) is 11.3. The molecule has 0 amide bonds. The molecule has 3 nitrogen and oxygen atoms in total. The Balaban J connectivity index is 2.21. The van der Waals surface area contributed by atoms with Gasteiger partial charge in [-0.2, -0.15) is 0 Å². The summed E-state index contributed by atoms with van der Waals surface area (Å²) in [6, 6.07) is 3.42. The van der Waals surface area contributed by atoms with Gasteiger partial charge in [0.1, 0.15) is 0 Å². The third kappa shape index (κ3) is 2.16. The first-order valence-corrected chi connectivity index (χ1v) is 5.79. The van der Waals surface area contributed by atoms with Crippen LogP contribution in [0.15, 0.2) is 18.3 Å². The maximum Gasteiger partial charge on any atom is 0.165 e. The number of anilines is 1. The number of pyridine rings is 1. The Hall–Kier alpha value is -1.16. The van der Waals surface area contributed by atoms with Gasteiger partial charge in [-0.3, -0.25) is 0 Å². The van der Waals surface area contributed by atoms with Crippen molar-refractivity contribution in [3.05, 3.63) is 24.1 Å². The van der Waals surface area contributed by atoms with Crippen LogP contribution in [0.2, 0.25) is 0 Å². The van der Waals surface area contributed by atoms with E-state index in [1.807, 2.05) is 4.90 Å². The third-order valence-corrected chi connectivity index (χ3v) is 3.32. The predicted octanol–water partition coefficient (Wildman–Crippen LogP) is 1.78. The quantitative estimate of drug-likeness (QED) is 0.831. The Bertz CT molecular complexity index is 356. The highest BCUT2D eigenvalue weighted by molar-refractivity contribution is 5.41. The maximum atomic E-state index is 13.6. The van der Waals surface area contributed by atoms with E-state index in [-0.39, 0.29) is 5.82 Å². The van der Waals surface area contributed by atoms with Crippen LogP contribution in [0.3, 0.4) is 0 Å². The number of hydrogen-bond donors (Lipinski definition) is 1. The van der Waals surface area contributed by atoms with E-state index in [1.54, 1.807) is 12.3 Å². The molecule has 2 N–H and O–H groups in total. The van der Waals surface area contributed by atoms with Crippen LogP contribution in [0.25, 0.3) is 0 Å². The summed E-state index contributed by atoms with van der Waals surface area (Å²) in [5, 5.41) is 0. The molecular formula is C12H18FN3. The Kier molecular flexibility index (Phi) is 3.39. The second kappa shape index (κ2) is 4.78. The summed E-state index contributed by atoms with van der Waals surface area (Å²) >= 11 is 0. The van der Waals surface area contributed by atoms with E-state index in [0.717, 1.165) is 19.4 Å².